The van der Waals surface area contributed by atoms with E-state index < -0.39 is 0 Å². The average Bonchev–Trinajstić information content (AvgIpc) is 3.14. The van der Waals surface area contributed by atoms with Crippen LogP contribution < -0.4 is 15.4 Å². The van der Waals surface area contributed by atoms with Gasteiger partial charge in [0.1, 0.15) is 11.9 Å². The molecule has 0 radical (unpaired) electrons. The molecule has 5 heteroatoms. The number of amides is 1. The fraction of sp³-hybridized carbons (Fsp3) is 0.562. The van der Waals surface area contributed by atoms with Crippen molar-refractivity contribution in [2.75, 3.05) is 25.1 Å². The fourth-order valence-electron chi connectivity index (χ4n) is 2.78. The lowest BCUT2D eigenvalue weighted by molar-refractivity contribution is -0.116. The van der Waals surface area contributed by atoms with Gasteiger partial charge in [-0.25, -0.2) is 0 Å². The van der Waals surface area contributed by atoms with Crippen molar-refractivity contribution >= 4 is 11.6 Å². The Labute approximate surface area is 125 Å². The van der Waals surface area contributed by atoms with Gasteiger partial charge in [-0.3, -0.25) is 4.79 Å². The Bertz CT molecular complexity index is 463. The molecule has 0 spiro atoms. The van der Waals surface area contributed by atoms with Crippen LogP contribution in [0.2, 0.25) is 0 Å². The summed E-state index contributed by atoms with van der Waals surface area (Å²) in [5.41, 5.74) is 0.813. The minimum Gasteiger partial charge on any atom is -0.488 e. The number of benzene rings is 1. The highest BCUT2D eigenvalue weighted by molar-refractivity contribution is 5.91. The molecule has 0 aromatic heterocycles. The fourth-order valence-corrected chi connectivity index (χ4v) is 2.78. The zero-order valence-corrected chi connectivity index (χ0v) is 12.1. The summed E-state index contributed by atoms with van der Waals surface area (Å²) in [5.74, 6) is 0.883. The molecular formula is C16H22N2O3. The average molecular weight is 290 g/mol. The van der Waals surface area contributed by atoms with Crippen LogP contribution in [0.5, 0.6) is 5.75 Å². The van der Waals surface area contributed by atoms with E-state index in [1.807, 2.05) is 24.3 Å². The molecule has 0 aliphatic carbocycles. The maximum atomic E-state index is 11.9. The van der Waals surface area contributed by atoms with E-state index in [-0.39, 0.29) is 12.0 Å². The minimum atomic E-state index is 0.0623. The number of hydrogen-bond donors (Lipinski definition) is 2. The lowest BCUT2D eigenvalue weighted by Gasteiger charge is -2.13. The molecule has 3 rings (SSSR count). The molecule has 114 valence electrons. The van der Waals surface area contributed by atoms with E-state index in [1.54, 1.807) is 0 Å². The lowest BCUT2D eigenvalue weighted by atomic mass is 10.1. The van der Waals surface area contributed by atoms with E-state index in [0.29, 0.717) is 19.1 Å². The lowest BCUT2D eigenvalue weighted by Crippen LogP contribution is -2.27. The second-order valence-corrected chi connectivity index (χ2v) is 5.67. The number of nitrogens with one attached hydrogen (secondary N) is 2. The number of carbonyl (C=O) groups is 1. The third kappa shape index (κ3) is 4.19. The van der Waals surface area contributed by atoms with Crippen molar-refractivity contribution in [3.63, 3.8) is 0 Å². The van der Waals surface area contributed by atoms with Crippen molar-refractivity contribution in [1.82, 2.24) is 5.32 Å². The summed E-state index contributed by atoms with van der Waals surface area (Å²) in [5, 5.41) is 6.26. The topological polar surface area (TPSA) is 59.6 Å². The summed E-state index contributed by atoms with van der Waals surface area (Å²) in [6, 6.07) is 7.87. The predicted octanol–water partition coefficient (Wildman–Crippen LogP) is 1.93. The third-order valence-corrected chi connectivity index (χ3v) is 3.92. The van der Waals surface area contributed by atoms with Gasteiger partial charge in [0.05, 0.1) is 13.2 Å². The molecule has 2 aliphatic heterocycles. The second kappa shape index (κ2) is 6.91. The number of ether oxygens (including phenoxy) is 2. The first-order valence-electron chi connectivity index (χ1n) is 7.67. The number of hydrogen-bond acceptors (Lipinski definition) is 4. The van der Waals surface area contributed by atoms with Crippen LogP contribution in [0, 0.1) is 0 Å². The molecule has 0 saturated carbocycles. The minimum absolute atomic E-state index is 0.0623. The quantitative estimate of drug-likeness (QED) is 0.870. The molecule has 21 heavy (non-hydrogen) atoms. The van der Waals surface area contributed by atoms with Gasteiger partial charge in [-0.1, -0.05) is 0 Å². The van der Waals surface area contributed by atoms with Crippen LogP contribution in [0.1, 0.15) is 25.7 Å². The van der Waals surface area contributed by atoms with Gasteiger partial charge in [-0.2, -0.15) is 0 Å². The SMILES string of the molecule is O=C(CC1CCCN1)Nc1ccc(OC2CCOC2)cc1. The van der Waals surface area contributed by atoms with Gasteiger partial charge in [0.15, 0.2) is 0 Å². The first-order chi connectivity index (χ1) is 10.3. The van der Waals surface area contributed by atoms with Gasteiger partial charge in [0.25, 0.3) is 0 Å². The summed E-state index contributed by atoms with van der Waals surface area (Å²) < 4.78 is 11.1. The summed E-state index contributed by atoms with van der Waals surface area (Å²) >= 11 is 0. The van der Waals surface area contributed by atoms with Crippen LogP contribution >= 0.6 is 0 Å². The van der Waals surface area contributed by atoms with Crippen LogP contribution in [-0.2, 0) is 9.53 Å². The Morgan fingerprint density at radius 3 is 2.86 bits per heavy atom. The first-order valence-corrected chi connectivity index (χ1v) is 7.67. The molecular weight excluding hydrogens is 268 g/mol. The van der Waals surface area contributed by atoms with Crippen molar-refractivity contribution in [3.05, 3.63) is 24.3 Å². The van der Waals surface area contributed by atoms with Gasteiger partial charge in [0, 0.05) is 24.6 Å². The monoisotopic (exact) mass is 290 g/mol. The van der Waals surface area contributed by atoms with Crippen LogP contribution in [-0.4, -0.2) is 37.8 Å². The largest absolute Gasteiger partial charge is 0.488 e. The molecule has 2 N–H and O–H groups in total. The van der Waals surface area contributed by atoms with Gasteiger partial charge in [0.2, 0.25) is 5.91 Å². The van der Waals surface area contributed by atoms with Gasteiger partial charge in [-0.15, -0.1) is 0 Å². The Morgan fingerprint density at radius 1 is 1.33 bits per heavy atom. The van der Waals surface area contributed by atoms with Crippen LogP contribution in [0.25, 0.3) is 0 Å². The second-order valence-electron chi connectivity index (χ2n) is 5.67. The Balaban J connectivity index is 1.47. The molecule has 2 heterocycles. The number of anilines is 1. The van der Waals surface area contributed by atoms with Gasteiger partial charge >= 0.3 is 0 Å². The van der Waals surface area contributed by atoms with Crippen molar-refractivity contribution in [2.45, 2.75) is 37.8 Å². The van der Waals surface area contributed by atoms with Crippen molar-refractivity contribution in [3.8, 4) is 5.75 Å². The standard InChI is InChI=1S/C16H22N2O3/c19-16(10-13-2-1-8-17-13)18-12-3-5-14(6-4-12)21-15-7-9-20-11-15/h3-6,13,15,17H,1-2,7-11H2,(H,18,19). The molecule has 1 aromatic rings. The number of rotatable bonds is 5. The van der Waals surface area contributed by atoms with E-state index in [9.17, 15) is 4.79 Å². The molecule has 0 bridgehead atoms. The molecule has 1 amide bonds. The summed E-state index contributed by atoms with van der Waals surface area (Å²) in [4.78, 5) is 11.9. The highest BCUT2D eigenvalue weighted by Crippen LogP contribution is 2.20. The van der Waals surface area contributed by atoms with Crippen LogP contribution in [0.15, 0.2) is 24.3 Å². The van der Waals surface area contributed by atoms with E-state index in [4.69, 9.17) is 9.47 Å². The summed E-state index contributed by atoms with van der Waals surface area (Å²) in [7, 11) is 0. The van der Waals surface area contributed by atoms with E-state index in [1.165, 1.54) is 0 Å². The molecule has 2 saturated heterocycles. The molecule has 2 unspecified atom stereocenters. The summed E-state index contributed by atoms with van der Waals surface area (Å²) in [6.45, 7) is 2.45. The van der Waals surface area contributed by atoms with Crippen molar-refractivity contribution < 1.29 is 14.3 Å². The maximum Gasteiger partial charge on any atom is 0.225 e. The van der Waals surface area contributed by atoms with E-state index in [2.05, 4.69) is 10.6 Å². The number of carbonyl (C=O) groups excluding carboxylic acids is 1. The Morgan fingerprint density at radius 2 is 2.19 bits per heavy atom. The predicted molar refractivity (Wildman–Crippen MR) is 80.6 cm³/mol. The normalized spacial score (nSPS) is 25.0. The van der Waals surface area contributed by atoms with Crippen molar-refractivity contribution in [1.29, 1.82) is 0 Å². The maximum absolute atomic E-state index is 11.9. The molecule has 1 aromatic carbocycles. The molecule has 2 aliphatic rings. The Kier molecular flexibility index (Phi) is 4.72. The third-order valence-electron chi connectivity index (χ3n) is 3.92. The molecule has 2 atom stereocenters. The summed E-state index contributed by atoms with van der Waals surface area (Å²) in [6.07, 6.45) is 3.88. The smallest absolute Gasteiger partial charge is 0.225 e. The molecule has 5 nitrogen and oxygen atoms in total. The van der Waals surface area contributed by atoms with Gasteiger partial charge in [-0.05, 0) is 43.7 Å². The van der Waals surface area contributed by atoms with E-state index >= 15 is 0 Å². The highest BCUT2D eigenvalue weighted by atomic mass is 16.5. The zero-order chi connectivity index (χ0) is 14.5. The van der Waals surface area contributed by atoms with Crippen molar-refractivity contribution in [2.24, 2.45) is 0 Å². The van der Waals surface area contributed by atoms with Crippen LogP contribution in [0.3, 0.4) is 0 Å². The zero-order valence-electron chi connectivity index (χ0n) is 12.1. The highest BCUT2D eigenvalue weighted by Gasteiger charge is 2.18. The van der Waals surface area contributed by atoms with Gasteiger partial charge < -0.3 is 20.1 Å². The van der Waals surface area contributed by atoms with E-state index in [0.717, 1.165) is 43.9 Å². The van der Waals surface area contributed by atoms with Crippen LogP contribution in [0.4, 0.5) is 5.69 Å². The Hall–Kier alpha value is -1.59. The first kappa shape index (κ1) is 14.4. The molecule has 2 fully saturated rings.